The van der Waals surface area contributed by atoms with Crippen molar-refractivity contribution in [3.63, 3.8) is 0 Å². The average Bonchev–Trinajstić information content (AvgIpc) is 2.61. The molecule has 0 saturated carbocycles. The van der Waals surface area contributed by atoms with Crippen LogP contribution in [-0.4, -0.2) is 5.71 Å². The Bertz CT molecular complexity index is 690. The standard InChI is InChI=1S/C23H30FN/c1-6-20(7-2)15-13-18(4)17-22(8-3)25-19(5)14-16-21-11-9-10-12-23(21)24/h6,9-15H,1,7-8,16-17H2,2-5H3/b18-13+,19-14-,20-15+,25-22?. The molecule has 25 heavy (non-hydrogen) atoms. The minimum atomic E-state index is -0.161. The van der Waals surface area contributed by atoms with Crippen molar-refractivity contribution in [3.05, 3.63) is 83.4 Å². The first-order valence-corrected chi connectivity index (χ1v) is 8.95. The third kappa shape index (κ3) is 7.93. The fraction of sp³-hybridized carbons (Fsp3) is 0.348. The average molecular weight is 339 g/mol. The maximum Gasteiger partial charge on any atom is 0.126 e. The van der Waals surface area contributed by atoms with Crippen molar-refractivity contribution in [2.75, 3.05) is 0 Å². The largest absolute Gasteiger partial charge is 0.263 e. The molecule has 0 amide bonds. The molecule has 0 aliphatic heterocycles. The molecule has 134 valence electrons. The topological polar surface area (TPSA) is 12.4 Å². The third-order valence-electron chi connectivity index (χ3n) is 4.05. The summed E-state index contributed by atoms with van der Waals surface area (Å²) in [5, 5.41) is 0. The number of allylic oxidation sites excluding steroid dienone is 7. The highest BCUT2D eigenvalue weighted by molar-refractivity contribution is 5.87. The van der Waals surface area contributed by atoms with Crippen LogP contribution in [0.5, 0.6) is 0 Å². The second-order valence-corrected chi connectivity index (χ2v) is 6.16. The molecule has 1 rings (SSSR count). The lowest BCUT2D eigenvalue weighted by molar-refractivity contribution is 0.614. The normalized spacial score (nSPS) is 14.0. The molecule has 0 aromatic heterocycles. The highest BCUT2D eigenvalue weighted by Crippen LogP contribution is 2.12. The van der Waals surface area contributed by atoms with Gasteiger partial charge in [-0.2, -0.15) is 0 Å². The number of nitrogens with zero attached hydrogens (tertiary/aromatic N) is 1. The summed E-state index contributed by atoms with van der Waals surface area (Å²) in [5.74, 6) is -0.161. The number of rotatable bonds is 9. The van der Waals surface area contributed by atoms with Crippen LogP contribution in [0.4, 0.5) is 4.39 Å². The smallest absolute Gasteiger partial charge is 0.126 e. The molecule has 0 atom stereocenters. The Morgan fingerprint density at radius 2 is 1.84 bits per heavy atom. The summed E-state index contributed by atoms with van der Waals surface area (Å²) in [7, 11) is 0. The van der Waals surface area contributed by atoms with E-state index >= 15 is 0 Å². The molecule has 0 spiro atoms. The molecule has 0 fully saturated rings. The molecular formula is C23H30FN. The second-order valence-electron chi connectivity index (χ2n) is 6.16. The molecule has 0 aliphatic carbocycles. The number of hydrogen-bond acceptors (Lipinski definition) is 1. The van der Waals surface area contributed by atoms with Gasteiger partial charge in [-0.1, -0.05) is 68.5 Å². The van der Waals surface area contributed by atoms with E-state index in [1.54, 1.807) is 6.07 Å². The fourth-order valence-electron chi connectivity index (χ4n) is 2.42. The van der Waals surface area contributed by atoms with Gasteiger partial charge in [-0.25, -0.2) is 4.39 Å². The molecular weight excluding hydrogens is 309 g/mol. The third-order valence-corrected chi connectivity index (χ3v) is 4.05. The van der Waals surface area contributed by atoms with Crippen LogP contribution in [0.3, 0.4) is 0 Å². The van der Waals surface area contributed by atoms with Crippen LogP contribution in [-0.2, 0) is 6.42 Å². The Morgan fingerprint density at radius 3 is 2.44 bits per heavy atom. The summed E-state index contributed by atoms with van der Waals surface area (Å²) in [4.78, 5) is 4.72. The van der Waals surface area contributed by atoms with Gasteiger partial charge < -0.3 is 0 Å². The zero-order valence-electron chi connectivity index (χ0n) is 16.0. The van der Waals surface area contributed by atoms with Crippen molar-refractivity contribution in [3.8, 4) is 0 Å². The van der Waals surface area contributed by atoms with Gasteiger partial charge in [0.2, 0.25) is 0 Å². The highest BCUT2D eigenvalue weighted by atomic mass is 19.1. The molecule has 1 aromatic rings. The van der Waals surface area contributed by atoms with Crippen molar-refractivity contribution < 1.29 is 4.39 Å². The first kappa shape index (κ1) is 20.8. The SMILES string of the molecule is C=C/C(=C\C=C(/C)CC(CC)=N/C(C)=C\Cc1ccccc1F)CC. The zero-order chi connectivity index (χ0) is 18.7. The summed E-state index contributed by atoms with van der Waals surface area (Å²) >= 11 is 0. The Kier molecular flexibility index (Phi) is 9.46. The molecule has 0 aliphatic rings. The summed E-state index contributed by atoms with van der Waals surface area (Å²) in [6.45, 7) is 12.2. The first-order chi connectivity index (χ1) is 12.0. The summed E-state index contributed by atoms with van der Waals surface area (Å²) in [5.41, 5.74) is 5.28. The number of benzene rings is 1. The predicted molar refractivity (Wildman–Crippen MR) is 109 cm³/mol. The van der Waals surface area contributed by atoms with Gasteiger partial charge in [-0.3, -0.25) is 4.99 Å². The second kappa shape index (κ2) is 11.4. The quantitative estimate of drug-likeness (QED) is 0.340. The van der Waals surface area contributed by atoms with Gasteiger partial charge in [0.05, 0.1) is 0 Å². The number of aliphatic imine (C=N–C) groups is 1. The van der Waals surface area contributed by atoms with Crippen LogP contribution < -0.4 is 0 Å². The fourth-order valence-corrected chi connectivity index (χ4v) is 2.42. The van der Waals surface area contributed by atoms with Gasteiger partial charge in [0.25, 0.3) is 0 Å². The summed E-state index contributed by atoms with van der Waals surface area (Å²) in [6.07, 6.45) is 11.5. The molecule has 0 bridgehead atoms. The van der Waals surface area contributed by atoms with E-state index in [0.717, 1.165) is 30.7 Å². The van der Waals surface area contributed by atoms with Crippen LogP contribution in [0.2, 0.25) is 0 Å². The van der Waals surface area contributed by atoms with Gasteiger partial charge in [0, 0.05) is 17.8 Å². The summed E-state index contributed by atoms with van der Waals surface area (Å²) in [6, 6.07) is 6.88. The van der Waals surface area contributed by atoms with Crippen molar-refractivity contribution in [2.24, 2.45) is 4.99 Å². The number of hydrogen-bond donors (Lipinski definition) is 0. The highest BCUT2D eigenvalue weighted by Gasteiger charge is 2.01. The van der Waals surface area contributed by atoms with E-state index in [-0.39, 0.29) is 5.82 Å². The molecule has 0 N–H and O–H groups in total. The van der Waals surface area contributed by atoms with Crippen molar-refractivity contribution in [1.82, 2.24) is 0 Å². The van der Waals surface area contributed by atoms with Gasteiger partial charge in [0.15, 0.2) is 0 Å². The van der Waals surface area contributed by atoms with E-state index in [4.69, 9.17) is 4.99 Å². The lowest BCUT2D eigenvalue weighted by Crippen LogP contribution is -1.98. The Labute approximate surface area is 152 Å². The van der Waals surface area contributed by atoms with Gasteiger partial charge in [0.1, 0.15) is 5.82 Å². The van der Waals surface area contributed by atoms with Gasteiger partial charge in [-0.05, 0) is 50.3 Å². The Hall–Kier alpha value is -2.22. The van der Waals surface area contributed by atoms with E-state index in [1.165, 1.54) is 17.2 Å². The monoisotopic (exact) mass is 339 g/mol. The van der Waals surface area contributed by atoms with Crippen molar-refractivity contribution in [2.45, 2.75) is 53.4 Å². The Morgan fingerprint density at radius 1 is 1.12 bits per heavy atom. The van der Waals surface area contributed by atoms with Crippen molar-refractivity contribution >= 4 is 5.71 Å². The molecule has 1 aromatic carbocycles. The van der Waals surface area contributed by atoms with Gasteiger partial charge >= 0.3 is 0 Å². The zero-order valence-corrected chi connectivity index (χ0v) is 16.0. The minimum Gasteiger partial charge on any atom is -0.263 e. The van der Waals surface area contributed by atoms with E-state index in [9.17, 15) is 4.39 Å². The van der Waals surface area contributed by atoms with Crippen LogP contribution in [0.25, 0.3) is 0 Å². The van der Waals surface area contributed by atoms with Gasteiger partial charge in [-0.15, -0.1) is 0 Å². The first-order valence-electron chi connectivity index (χ1n) is 8.95. The van der Waals surface area contributed by atoms with E-state index in [0.29, 0.717) is 12.0 Å². The Balaban J connectivity index is 2.79. The van der Waals surface area contributed by atoms with E-state index < -0.39 is 0 Å². The van der Waals surface area contributed by atoms with Crippen molar-refractivity contribution in [1.29, 1.82) is 0 Å². The van der Waals surface area contributed by atoms with Crippen LogP contribution in [0, 0.1) is 5.82 Å². The minimum absolute atomic E-state index is 0.161. The van der Waals surface area contributed by atoms with Crippen LogP contribution >= 0.6 is 0 Å². The molecule has 0 radical (unpaired) electrons. The molecule has 0 heterocycles. The molecule has 0 saturated heterocycles. The molecule has 1 nitrogen and oxygen atoms in total. The molecule has 0 unspecified atom stereocenters. The lowest BCUT2D eigenvalue weighted by atomic mass is 10.1. The maximum absolute atomic E-state index is 13.7. The molecule has 2 heteroatoms. The van der Waals surface area contributed by atoms with E-state index in [2.05, 4.69) is 39.5 Å². The van der Waals surface area contributed by atoms with E-state index in [1.807, 2.05) is 31.2 Å². The van der Waals surface area contributed by atoms with Crippen LogP contribution in [0.15, 0.2) is 77.0 Å². The summed E-state index contributed by atoms with van der Waals surface area (Å²) < 4.78 is 13.7. The lowest BCUT2D eigenvalue weighted by Gasteiger charge is -2.05. The van der Waals surface area contributed by atoms with Crippen LogP contribution in [0.1, 0.15) is 52.5 Å². The maximum atomic E-state index is 13.7. The number of halogens is 1. The predicted octanol–water partition coefficient (Wildman–Crippen LogP) is 6.98.